The van der Waals surface area contributed by atoms with Crippen molar-refractivity contribution in [3.8, 4) is 5.75 Å². The molecule has 3 rings (SSSR count). The number of hydrogen-bond acceptors (Lipinski definition) is 5. The van der Waals surface area contributed by atoms with Crippen molar-refractivity contribution >= 4 is 46.3 Å². The van der Waals surface area contributed by atoms with Crippen molar-refractivity contribution in [3.05, 3.63) is 83.3 Å². The average Bonchev–Trinajstić information content (AvgIpc) is 2.92. The lowest BCUT2D eigenvalue weighted by Crippen LogP contribution is -2.27. The standard InChI is InChI=1S/C20H15NO3S2/c1-2-12-21-18(22)17(26-20(21)25)13-14-8-10-16(11-9-14)24-19(23)15-6-4-3-5-7-15/h2-11,13H,1,12H2/b17-13-. The molecular weight excluding hydrogens is 366 g/mol. The van der Waals surface area contributed by atoms with Gasteiger partial charge >= 0.3 is 5.97 Å². The van der Waals surface area contributed by atoms with E-state index in [2.05, 4.69) is 6.58 Å². The third kappa shape index (κ3) is 4.09. The zero-order valence-electron chi connectivity index (χ0n) is 13.8. The molecule has 26 heavy (non-hydrogen) atoms. The van der Waals surface area contributed by atoms with Crippen molar-refractivity contribution in [2.24, 2.45) is 0 Å². The topological polar surface area (TPSA) is 46.6 Å². The molecule has 6 heteroatoms. The van der Waals surface area contributed by atoms with Crippen LogP contribution in [0.4, 0.5) is 0 Å². The van der Waals surface area contributed by atoms with Crippen LogP contribution in [0, 0.1) is 0 Å². The number of esters is 1. The Morgan fingerprint density at radius 1 is 1.15 bits per heavy atom. The van der Waals surface area contributed by atoms with Crippen LogP contribution in [0.5, 0.6) is 5.75 Å². The highest BCUT2D eigenvalue weighted by molar-refractivity contribution is 8.26. The van der Waals surface area contributed by atoms with Gasteiger partial charge in [-0.1, -0.05) is 60.4 Å². The lowest BCUT2D eigenvalue weighted by atomic mass is 10.2. The number of carbonyl (C=O) groups excluding carboxylic acids is 2. The number of carbonyl (C=O) groups is 2. The van der Waals surface area contributed by atoms with E-state index in [0.29, 0.717) is 27.1 Å². The summed E-state index contributed by atoms with van der Waals surface area (Å²) in [4.78, 5) is 26.4. The predicted molar refractivity (Wildman–Crippen MR) is 108 cm³/mol. The van der Waals surface area contributed by atoms with Crippen LogP contribution in [0.15, 0.2) is 72.2 Å². The van der Waals surface area contributed by atoms with Crippen molar-refractivity contribution in [2.75, 3.05) is 6.54 Å². The summed E-state index contributed by atoms with van der Waals surface area (Å²) in [6, 6.07) is 15.7. The number of thioether (sulfide) groups is 1. The molecule has 4 nitrogen and oxygen atoms in total. The molecule has 1 aliphatic rings. The van der Waals surface area contributed by atoms with E-state index < -0.39 is 5.97 Å². The Morgan fingerprint density at radius 3 is 2.50 bits per heavy atom. The molecule has 0 aliphatic carbocycles. The minimum atomic E-state index is -0.413. The van der Waals surface area contributed by atoms with Gasteiger partial charge in [-0.2, -0.15) is 0 Å². The molecule has 130 valence electrons. The van der Waals surface area contributed by atoms with Crippen LogP contribution in [0.25, 0.3) is 6.08 Å². The summed E-state index contributed by atoms with van der Waals surface area (Å²) in [5.74, 6) is -0.0988. The molecule has 1 heterocycles. The number of amides is 1. The minimum absolute atomic E-state index is 0.125. The van der Waals surface area contributed by atoms with Crippen molar-refractivity contribution in [3.63, 3.8) is 0 Å². The first-order chi connectivity index (χ1) is 12.6. The summed E-state index contributed by atoms with van der Waals surface area (Å²) in [6.45, 7) is 4.03. The van der Waals surface area contributed by atoms with Gasteiger partial charge in [0.15, 0.2) is 0 Å². The Morgan fingerprint density at radius 2 is 1.85 bits per heavy atom. The van der Waals surface area contributed by atoms with Crippen LogP contribution in [0.2, 0.25) is 0 Å². The third-order valence-electron chi connectivity index (χ3n) is 3.58. The van der Waals surface area contributed by atoms with Gasteiger partial charge in [-0.05, 0) is 35.9 Å². The lowest BCUT2D eigenvalue weighted by molar-refractivity contribution is -0.121. The molecule has 0 radical (unpaired) electrons. The molecule has 1 amide bonds. The van der Waals surface area contributed by atoms with E-state index in [9.17, 15) is 9.59 Å². The van der Waals surface area contributed by atoms with Crippen LogP contribution in [0.1, 0.15) is 15.9 Å². The number of benzene rings is 2. The van der Waals surface area contributed by atoms with E-state index in [1.54, 1.807) is 60.7 Å². The Hall–Kier alpha value is -2.70. The minimum Gasteiger partial charge on any atom is -0.423 e. The number of thiocarbonyl (C=S) groups is 1. The predicted octanol–water partition coefficient (Wildman–Crippen LogP) is 4.29. The van der Waals surface area contributed by atoms with E-state index in [1.165, 1.54) is 16.7 Å². The van der Waals surface area contributed by atoms with Crippen LogP contribution in [-0.2, 0) is 4.79 Å². The Bertz CT molecular complexity index is 889. The molecule has 1 aliphatic heterocycles. The first-order valence-corrected chi connectivity index (χ1v) is 9.04. The molecule has 1 saturated heterocycles. The highest BCUT2D eigenvalue weighted by atomic mass is 32.2. The Kier molecular flexibility index (Phi) is 5.65. The second kappa shape index (κ2) is 8.12. The van der Waals surface area contributed by atoms with Gasteiger partial charge in [0.1, 0.15) is 10.1 Å². The van der Waals surface area contributed by atoms with Crippen molar-refractivity contribution in [1.82, 2.24) is 4.90 Å². The van der Waals surface area contributed by atoms with Gasteiger partial charge in [-0.3, -0.25) is 9.69 Å². The molecule has 1 fully saturated rings. The SMILES string of the molecule is C=CCN1C(=O)/C(=C/c2ccc(OC(=O)c3ccccc3)cc2)SC1=S. The van der Waals surface area contributed by atoms with Gasteiger partial charge in [-0.15, -0.1) is 6.58 Å². The average molecular weight is 381 g/mol. The largest absolute Gasteiger partial charge is 0.423 e. The summed E-state index contributed by atoms with van der Waals surface area (Å²) < 4.78 is 5.86. The molecule has 0 saturated carbocycles. The highest BCUT2D eigenvalue weighted by Crippen LogP contribution is 2.32. The van der Waals surface area contributed by atoms with E-state index in [-0.39, 0.29) is 5.91 Å². The van der Waals surface area contributed by atoms with Crippen molar-refractivity contribution in [1.29, 1.82) is 0 Å². The number of nitrogens with zero attached hydrogens (tertiary/aromatic N) is 1. The van der Waals surface area contributed by atoms with Crippen molar-refractivity contribution in [2.45, 2.75) is 0 Å². The number of ether oxygens (including phenoxy) is 1. The van der Waals surface area contributed by atoms with E-state index >= 15 is 0 Å². The Balaban J connectivity index is 1.70. The number of rotatable bonds is 5. The molecule has 0 unspecified atom stereocenters. The normalized spacial score (nSPS) is 15.4. The van der Waals surface area contributed by atoms with Crippen LogP contribution < -0.4 is 4.74 Å². The molecule has 0 bridgehead atoms. The molecule has 0 atom stereocenters. The van der Waals surface area contributed by atoms with Gasteiger partial charge in [0.05, 0.1) is 10.5 Å². The van der Waals surface area contributed by atoms with Gasteiger partial charge < -0.3 is 4.74 Å². The van der Waals surface area contributed by atoms with Crippen LogP contribution in [-0.4, -0.2) is 27.6 Å². The van der Waals surface area contributed by atoms with Crippen molar-refractivity contribution < 1.29 is 14.3 Å². The fraction of sp³-hybridized carbons (Fsp3) is 0.0500. The van der Waals surface area contributed by atoms with Gasteiger partial charge in [-0.25, -0.2) is 4.79 Å². The summed E-state index contributed by atoms with van der Waals surface area (Å²) >= 11 is 6.48. The fourth-order valence-corrected chi connectivity index (χ4v) is 3.59. The molecule has 0 N–H and O–H groups in total. The Labute approximate surface area is 161 Å². The highest BCUT2D eigenvalue weighted by Gasteiger charge is 2.30. The van der Waals surface area contributed by atoms with E-state index in [1.807, 2.05) is 6.07 Å². The quantitative estimate of drug-likeness (QED) is 0.254. The third-order valence-corrected chi connectivity index (χ3v) is 4.96. The fourth-order valence-electron chi connectivity index (χ4n) is 2.31. The zero-order chi connectivity index (χ0) is 18.5. The molecule has 0 aromatic heterocycles. The molecule has 2 aromatic rings. The maximum Gasteiger partial charge on any atom is 0.343 e. The summed E-state index contributed by atoms with van der Waals surface area (Å²) in [7, 11) is 0. The second-order valence-electron chi connectivity index (χ2n) is 5.41. The lowest BCUT2D eigenvalue weighted by Gasteiger charge is -2.10. The molecule has 2 aromatic carbocycles. The van der Waals surface area contributed by atoms with Gasteiger partial charge in [0.25, 0.3) is 5.91 Å². The van der Waals surface area contributed by atoms with Crippen LogP contribution in [0.3, 0.4) is 0 Å². The molecular formula is C20H15NO3S2. The maximum absolute atomic E-state index is 12.3. The van der Waals surface area contributed by atoms with Crippen LogP contribution >= 0.6 is 24.0 Å². The maximum atomic E-state index is 12.3. The smallest absolute Gasteiger partial charge is 0.343 e. The van der Waals surface area contributed by atoms with Gasteiger partial charge in [0.2, 0.25) is 0 Å². The first-order valence-electron chi connectivity index (χ1n) is 7.82. The number of hydrogen-bond donors (Lipinski definition) is 0. The van der Waals surface area contributed by atoms with E-state index in [0.717, 1.165) is 5.56 Å². The molecule has 0 spiro atoms. The monoisotopic (exact) mass is 381 g/mol. The summed E-state index contributed by atoms with van der Waals surface area (Å²) in [6.07, 6.45) is 3.41. The summed E-state index contributed by atoms with van der Waals surface area (Å²) in [5, 5.41) is 0. The zero-order valence-corrected chi connectivity index (χ0v) is 15.4. The first kappa shape index (κ1) is 18.1. The van der Waals surface area contributed by atoms with Gasteiger partial charge in [0, 0.05) is 6.54 Å². The summed E-state index contributed by atoms with van der Waals surface area (Å²) in [5.41, 5.74) is 1.31. The van der Waals surface area contributed by atoms with E-state index in [4.69, 9.17) is 17.0 Å². The second-order valence-corrected chi connectivity index (χ2v) is 7.08.